The highest BCUT2D eigenvalue weighted by Crippen LogP contribution is 2.35. The summed E-state index contributed by atoms with van der Waals surface area (Å²) in [7, 11) is 0. The van der Waals surface area contributed by atoms with E-state index in [0.717, 1.165) is 41.4 Å². The number of nitrogens with zero attached hydrogens (tertiary/aromatic N) is 1. The van der Waals surface area contributed by atoms with Crippen molar-refractivity contribution >= 4 is 0 Å². The molecule has 18 heavy (non-hydrogen) atoms. The van der Waals surface area contributed by atoms with Gasteiger partial charge in [0, 0.05) is 12.0 Å². The number of aromatic amines is 1. The third-order valence-electron chi connectivity index (χ3n) is 2.93. The molecule has 0 amide bonds. The largest absolute Gasteiger partial charge is 0.454 e. The lowest BCUT2D eigenvalue weighted by molar-refractivity contribution is 0.174. The van der Waals surface area contributed by atoms with E-state index in [2.05, 4.69) is 9.97 Å². The predicted octanol–water partition coefficient (Wildman–Crippen LogP) is 1.70. The van der Waals surface area contributed by atoms with Gasteiger partial charge in [0.05, 0.1) is 11.9 Å². The lowest BCUT2D eigenvalue weighted by atomic mass is 10.1. The molecule has 1 aliphatic heterocycles. The number of ether oxygens (including phenoxy) is 2. The number of benzene rings is 1. The SMILES string of the molecule is NCCCc1ncc(-c2ccc3c(c2)OCO3)[nH]1. The number of rotatable bonds is 4. The molecular formula is C13H15N3O2. The molecule has 1 aromatic heterocycles. The van der Waals surface area contributed by atoms with Crippen molar-refractivity contribution in [2.45, 2.75) is 12.8 Å². The van der Waals surface area contributed by atoms with Crippen molar-refractivity contribution in [3.05, 3.63) is 30.2 Å². The van der Waals surface area contributed by atoms with Crippen LogP contribution >= 0.6 is 0 Å². The van der Waals surface area contributed by atoms with Crippen LogP contribution in [0.25, 0.3) is 11.3 Å². The smallest absolute Gasteiger partial charge is 0.231 e. The summed E-state index contributed by atoms with van der Waals surface area (Å²) < 4.78 is 10.6. The third kappa shape index (κ3) is 2.04. The number of aryl methyl sites for hydroxylation is 1. The first-order valence-electron chi connectivity index (χ1n) is 6.01. The fourth-order valence-electron chi connectivity index (χ4n) is 1.97. The summed E-state index contributed by atoms with van der Waals surface area (Å²) in [5.74, 6) is 2.54. The van der Waals surface area contributed by atoms with Gasteiger partial charge in [-0.1, -0.05) is 0 Å². The number of H-pyrrole nitrogens is 1. The van der Waals surface area contributed by atoms with Crippen LogP contribution in [-0.4, -0.2) is 23.3 Å². The summed E-state index contributed by atoms with van der Waals surface area (Å²) in [4.78, 5) is 7.63. The number of hydrogen-bond acceptors (Lipinski definition) is 4. The molecule has 0 atom stereocenters. The van der Waals surface area contributed by atoms with Crippen molar-refractivity contribution < 1.29 is 9.47 Å². The zero-order chi connectivity index (χ0) is 12.4. The first-order chi connectivity index (χ1) is 8.86. The van der Waals surface area contributed by atoms with Crippen LogP contribution in [0.5, 0.6) is 11.5 Å². The highest BCUT2D eigenvalue weighted by atomic mass is 16.7. The summed E-state index contributed by atoms with van der Waals surface area (Å²) >= 11 is 0. The van der Waals surface area contributed by atoms with Crippen LogP contribution < -0.4 is 15.2 Å². The second-order valence-corrected chi connectivity index (χ2v) is 4.20. The number of nitrogens with two attached hydrogens (primary N) is 1. The highest BCUT2D eigenvalue weighted by Gasteiger charge is 2.14. The van der Waals surface area contributed by atoms with Crippen LogP contribution in [0.4, 0.5) is 0 Å². The molecule has 0 unspecified atom stereocenters. The molecule has 0 aliphatic carbocycles. The fraction of sp³-hybridized carbons (Fsp3) is 0.308. The predicted molar refractivity (Wildman–Crippen MR) is 67.5 cm³/mol. The van der Waals surface area contributed by atoms with Gasteiger partial charge in [0.25, 0.3) is 0 Å². The molecule has 0 bridgehead atoms. The molecule has 1 aromatic carbocycles. The van der Waals surface area contributed by atoms with E-state index in [4.69, 9.17) is 15.2 Å². The molecule has 1 aliphatic rings. The second kappa shape index (κ2) is 4.70. The summed E-state index contributed by atoms with van der Waals surface area (Å²) in [6.07, 6.45) is 3.65. The molecule has 5 heteroatoms. The van der Waals surface area contributed by atoms with Crippen molar-refractivity contribution in [1.29, 1.82) is 0 Å². The molecule has 5 nitrogen and oxygen atoms in total. The van der Waals surface area contributed by atoms with Gasteiger partial charge >= 0.3 is 0 Å². The van der Waals surface area contributed by atoms with Gasteiger partial charge in [0.15, 0.2) is 11.5 Å². The zero-order valence-electron chi connectivity index (χ0n) is 9.98. The van der Waals surface area contributed by atoms with E-state index in [1.54, 1.807) is 0 Å². The lowest BCUT2D eigenvalue weighted by Crippen LogP contribution is -2.01. The average Bonchev–Trinajstić information content (AvgIpc) is 3.04. The number of hydrogen-bond donors (Lipinski definition) is 2. The van der Waals surface area contributed by atoms with Gasteiger partial charge in [-0.2, -0.15) is 0 Å². The molecule has 3 N–H and O–H groups in total. The molecule has 0 saturated heterocycles. The van der Waals surface area contributed by atoms with Gasteiger partial charge in [0.1, 0.15) is 5.82 Å². The Hall–Kier alpha value is -2.01. The highest BCUT2D eigenvalue weighted by molar-refractivity contribution is 5.64. The minimum Gasteiger partial charge on any atom is -0.454 e. The van der Waals surface area contributed by atoms with Gasteiger partial charge in [-0.05, 0) is 31.2 Å². The van der Waals surface area contributed by atoms with Crippen LogP contribution in [0.1, 0.15) is 12.2 Å². The van der Waals surface area contributed by atoms with Crippen molar-refractivity contribution in [2.75, 3.05) is 13.3 Å². The standard InChI is InChI=1S/C13H15N3O2/c14-5-1-2-13-15-7-10(16-13)9-3-4-11-12(6-9)18-8-17-11/h3-4,6-7H,1-2,5,8,14H2,(H,15,16). The number of imidazole rings is 1. The van der Waals surface area contributed by atoms with Crippen molar-refractivity contribution in [1.82, 2.24) is 9.97 Å². The Morgan fingerprint density at radius 2 is 2.17 bits per heavy atom. The van der Waals surface area contributed by atoms with Crippen molar-refractivity contribution in [3.63, 3.8) is 0 Å². The van der Waals surface area contributed by atoms with Crippen LogP contribution in [0.3, 0.4) is 0 Å². The summed E-state index contributed by atoms with van der Waals surface area (Å²) in [5.41, 5.74) is 7.52. The Morgan fingerprint density at radius 3 is 3.06 bits per heavy atom. The minimum absolute atomic E-state index is 0.295. The van der Waals surface area contributed by atoms with Gasteiger partial charge in [-0.15, -0.1) is 0 Å². The summed E-state index contributed by atoms with van der Waals surface area (Å²) in [5, 5.41) is 0. The molecular weight excluding hydrogens is 230 g/mol. The van der Waals surface area contributed by atoms with Crippen LogP contribution in [0, 0.1) is 0 Å². The maximum Gasteiger partial charge on any atom is 0.231 e. The van der Waals surface area contributed by atoms with E-state index in [1.165, 1.54) is 0 Å². The quantitative estimate of drug-likeness (QED) is 0.859. The summed E-state index contributed by atoms with van der Waals surface area (Å²) in [6, 6.07) is 5.87. The first-order valence-corrected chi connectivity index (χ1v) is 6.01. The number of aromatic nitrogens is 2. The van der Waals surface area contributed by atoms with Crippen molar-refractivity contribution in [2.24, 2.45) is 5.73 Å². The molecule has 0 fully saturated rings. The molecule has 94 valence electrons. The van der Waals surface area contributed by atoms with E-state index < -0.39 is 0 Å². The van der Waals surface area contributed by atoms with Gasteiger partial charge in [-0.3, -0.25) is 0 Å². The average molecular weight is 245 g/mol. The maximum absolute atomic E-state index is 5.48. The van der Waals surface area contributed by atoms with Crippen LogP contribution in [0.2, 0.25) is 0 Å². The number of fused-ring (bicyclic) bond motifs is 1. The Morgan fingerprint density at radius 1 is 1.28 bits per heavy atom. The van der Waals surface area contributed by atoms with E-state index in [-0.39, 0.29) is 0 Å². The molecule has 2 aromatic rings. The van der Waals surface area contributed by atoms with Crippen LogP contribution in [-0.2, 0) is 6.42 Å². The second-order valence-electron chi connectivity index (χ2n) is 4.20. The molecule has 0 saturated carbocycles. The zero-order valence-corrected chi connectivity index (χ0v) is 9.98. The molecule has 2 heterocycles. The molecule has 3 rings (SSSR count). The summed E-state index contributed by atoms with van der Waals surface area (Å²) in [6.45, 7) is 0.976. The topological polar surface area (TPSA) is 73.2 Å². The number of nitrogens with one attached hydrogen (secondary N) is 1. The molecule has 0 radical (unpaired) electrons. The van der Waals surface area contributed by atoms with Gasteiger partial charge in [-0.25, -0.2) is 4.98 Å². The maximum atomic E-state index is 5.48. The molecule has 0 spiro atoms. The van der Waals surface area contributed by atoms with E-state index in [1.807, 2.05) is 24.4 Å². The van der Waals surface area contributed by atoms with Gasteiger partial charge in [0.2, 0.25) is 6.79 Å². The van der Waals surface area contributed by atoms with E-state index in [9.17, 15) is 0 Å². The van der Waals surface area contributed by atoms with Crippen LogP contribution in [0.15, 0.2) is 24.4 Å². The lowest BCUT2D eigenvalue weighted by Gasteiger charge is -2.00. The first kappa shape index (κ1) is 11.1. The minimum atomic E-state index is 0.295. The Labute approximate surface area is 105 Å². The Bertz CT molecular complexity index is 551. The normalized spacial score (nSPS) is 12.9. The Balaban J connectivity index is 1.83. The Kier molecular flexibility index (Phi) is 2.90. The van der Waals surface area contributed by atoms with E-state index >= 15 is 0 Å². The monoisotopic (exact) mass is 245 g/mol. The van der Waals surface area contributed by atoms with Crippen molar-refractivity contribution in [3.8, 4) is 22.8 Å². The third-order valence-corrected chi connectivity index (χ3v) is 2.93. The van der Waals surface area contributed by atoms with E-state index in [0.29, 0.717) is 13.3 Å². The fourth-order valence-corrected chi connectivity index (χ4v) is 1.97. The van der Waals surface area contributed by atoms with Gasteiger partial charge < -0.3 is 20.2 Å².